The Labute approximate surface area is 143 Å². The second-order valence-corrected chi connectivity index (χ2v) is 6.46. The van der Waals surface area contributed by atoms with Crippen LogP contribution in [0.15, 0.2) is 18.2 Å². The average Bonchev–Trinajstić information content (AvgIpc) is 3.23. The minimum atomic E-state index is -0.405. The van der Waals surface area contributed by atoms with Crippen LogP contribution in [-0.4, -0.2) is 43.9 Å². The standard InChI is InChI=1S/C17H24N2O3.ClH/c1-11-3-4-13(7-15(11)22-2)17(5-6-17)16(21)19-9-12-8-18-10-14(12)20;/h3-4,7,12,14,18,20H,5-6,8-10H2,1-2H3,(H,19,21);1H. The van der Waals surface area contributed by atoms with Crippen LogP contribution in [0.1, 0.15) is 24.0 Å². The monoisotopic (exact) mass is 340 g/mol. The summed E-state index contributed by atoms with van der Waals surface area (Å²) >= 11 is 0. The SMILES string of the molecule is COc1cc(C2(C(=O)NCC3CNCC3O)CC2)ccc1C.Cl. The summed E-state index contributed by atoms with van der Waals surface area (Å²) in [7, 11) is 1.65. The number of aliphatic hydroxyl groups is 1. The molecule has 1 saturated carbocycles. The van der Waals surface area contributed by atoms with Crippen molar-refractivity contribution >= 4 is 18.3 Å². The fourth-order valence-electron chi connectivity index (χ4n) is 3.21. The van der Waals surface area contributed by atoms with Gasteiger partial charge in [0.1, 0.15) is 5.75 Å². The largest absolute Gasteiger partial charge is 0.496 e. The van der Waals surface area contributed by atoms with E-state index in [4.69, 9.17) is 4.74 Å². The summed E-state index contributed by atoms with van der Waals surface area (Å²) in [5.41, 5.74) is 1.69. The first-order chi connectivity index (χ1) is 10.6. The first-order valence-corrected chi connectivity index (χ1v) is 7.89. The average molecular weight is 341 g/mol. The van der Waals surface area contributed by atoms with E-state index in [1.165, 1.54) is 0 Å². The number of β-amino-alcohol motifs (C(OH)–C–C–N with tert-alkyl or cyclic N) is 1. The number of aliphatic hydroxyl groups excluding tert-OH is 1. The minimum absolute atomic E-state index is 0. The number of hydrogen-bond acceptors (Lipinski definition) is 4. The number of benzene rings is 1. The van der Waals surface area contributed by atoms with Crippen LogP contribution in [0.3, 0.4) is 0 Å². The molecule has 1 aliphatic carbocycles. The van der Waals surface area contributed by atoms with Crippen LogP contribution in [0, 0.1) is 12.8 Å². The molecule has 2 fully saturated rings. The van der Waals surface area contributed by atoms with E-state index >= 15 is 0 Å². The zero-order valence-corrected chi connectivity index (χ0v) is 14.4. The van der Waals surface area contributed by atoms with E-state index in [1.54, 1.807) is 7.11 Å². The van der Waals surface area contributed by atoms with E-state index in [0.717, 1.165) is 36.3 Å². The van der Waals surface area contributed by atoms with E-state index in [9.17, 15) is 9.90 Å². The zero-order valence-electron chi connectivity index (χ0n) is 13.6. The van der Waals surface area contributed by atoms with Crippen molar-refractivity contribution in [1.82, 2.24) is 10.6 Å². The number of ether oxygens (including phenoxy) is 1. The van der Waals surface area contributed by atoms with Gasteiger partial charge in [-0.05, 0) is 37.0 Å². The smallest absolute Gasteiger partial charge is 0.230 e. The van der Waals surface area contributed by atoms with Gasteiger partial charge >= 0.3 is 0 Å². The second kappa shape index (κ2) is 7.07. The molecule has 1 heterocycles. The maximum Gasteiger partial charge on any atom is 0.230 e. The van der Waals surface area contributed by atoms with Crippen LogP contribution in [-0.2, 0) is 10.2 Å². The molecule has 2 atom stereocenters. The number of halogens is 1. The number of aryl methyl sites for hydroxylation is 1. The third-order valence-electron chi connectivity index (χ3n) is 4.97. The highest BCUT2D eigenvalue weighted by Gasteiger charge is 2.51. The lowest BCUT2D eigenvalue weighted by atomic mass is 9.93. The third-order valence-corrected chi connectivity index (χ3v) is 4.97. The highest BCUT2D eigenvalue weighted by molar-refractivity contribution is 5.91. The Bertz CT molecular complexity index is 575. The van der Waals surface area contributed by atoms with Crippen LogP contribution >= 0.6 is 12.4 Å². The highest BCUT2D eigenvalue weighted by Crippen LogP contribution is 2.49. The topological polar surface area (TPSA) is 70.6 Å². The Balaban J connectivity index is 0.00000192. The van der Waals surface area contributed by atoms with Crippen molar-refractivity contribution < 1.29 is 14.6 Å². The van der Waals surface area contributed by atoms with E-state index in [1.807, 2.05) is 25.1 Å². The van der Waals surface area contributed by atoms with Crippen LogP contribution in [0.4, 0.5) is 0 Å². The number of amides is 1. The Kier molecular flexibility index (Phi) is 5.55. The predicted molar refractivity (Wildman–Crippen MR) is 91.3 cm³/mol. The number of hydrogen-bond donors (Lipinski definition) is 3. The Hall–Kier alpha value is -1.30. The summed E-state index contributed by atoms with van der Waals surface area (Å²) in [5, 5.41) is 16.0. The van der Waals surface area contributed by atoms with E-state index < -0.39 is 5.41 Å². The van der Waals surface area contributed by atoms with Gasteiger partial charge in [0, 0.05) is 25.6 Å². The fourth-order valence-corrected chi connectivity index (χ4v) is 3.21. The van der Waals surface area contributed by atoms with Crippen molar-refractivity contribution in [2.45, 2.75) is 31.3 Å². The van der Waals surface area contributed by atoms with Crippen molar-refractivity contribution in [3.8, 4) is 5.75 Å². The maximum absolute atomic E-state index is 12.6. The Morgan fingerprint density at radius 1 is 1.43 bits per heavy atom. The normalized spacial score (nSPS) is 24.7. The van der Waals surface area contributed by atoms with E-state index in [2.05, 4.69) is 10.6 Å². The van der Waals surface area contributed by atoms with Gasteiger partial charge in [0.25, 0.3) is 0 Å². The first kappa shape index (κ1) is 18.0. The lowest BCUT2D eigenvalue weighted by Crippen LogP contribution is -2.40. The molecule has 1 amide bonds. The molecule has 0 spiro atoms. The second-order valence-electron chi connectivity index (χ2n) is 6.46. The van der Waals surface area contributed by atoms with Gasteiger partial charge in [-0.3, -0.25) is 4.79 Å². The zero-order chi connectivity index (χ0) is 15.7. The quantitative estimate of drug-likeness (QED) is 0.752. The van der Waals surface area contributed by atoms with Gasteiger partial charge in [0.15, 0.2) is 0 Å². The molecule has 2 unspecified atom stereocenters. The van der Waals surface area contributed by atoms with Gasteiger partial charge in [0.2, 0.25) is 5.91 Å². The summed E-state index contributed by atoms with van der Waals surface area (Å²) in [4.78, 5) is 12.6. The number of carbonyl (C=O) groups is 1. The molecule has 3 N–H and O–H groups in total. The van der Waals surface area contributed by atoms with Crippen molar-refractivity contribution in [3.63, 3.8) is 0 Å². The van der Waals surface area contributed by atoms with Gasteiger partial charge in [-0.2, -0.15) is 0 Å². The van der Waals surface area contributed by atoms with Gasteiger partial charge in [-0.25, -0.2) is 0 Å². The molecule has 3 rings (SSSR count). The molecule has 1 aromatic rings. The van der Waals surface area contributed by atoms with Crippen molar-refractivity contribution in [2.75, 3.05) is 26.7 Å². The number of carbonyl (C=O) groups excluding carboxylic acids is 1. The molecule has 5 nitrogen and oxygen atoms in total. The van der Waals surface area contributed by atoms with Crippen LogP contribution in [0.25, 0.3) is 0 Å². The molecule has 1 saturated heterocycles. The van der Waals surface area contributed by atoms with Crippen LogP contribution in [0.5, 0.6) is 5.75 Å². The Morgan fingerprint density at radius 2 is 2.17 bits per heavy atom. The summed E-state index contributed by atoms with van der Waals surface area (Å²) in [5.74, 6) is 0.997. The van der Waals surface area contributed by atoms with E-state index in [0.29, 0.717) is 13.1 Å². The molecular weight excluding hydrogens is 316 g/mol. The lowest BCUT2D eigenvalue weighted by Gasteiger charge is -2.20. The maximum atomic E-state index is 12.6. The minimum Gasteiger partial charge on any atom is -0.496 e. The molecule has 23 heavy (non-hydrogen) atoms. The van der Waals surface area contributed by atoms with Crippen LogP contribution in [0.2, 0.25) is 0 Å². The molecule has 1 aromatic carbocycles. The lowest BCUT2D eigenvalue weighted by molar-refractivity contribution is -0.123. The van der Waals surface area contributed by atoms with Crippen LogP contribution < -0.4 is 15.4 Å². The highest BCUT2D eigenvalue weighted by atomic mass is 35.5. The summed E-state index contributed by atoms with van der Waals surface area (Å²) in [6.45, 7) is 3.89. The Morgan fingerprint density at radius 3 is 2.74 bits per heavy atom. The molecule has 1 aliphatic heterocycles. The number of methoxy groups -OCH3 is 1. The number of nitrogens with one attached hydrogen (secondary N) is 2. The van der Waals surface area contributed by atoms with Gasteiger partial charge in [-0.15, -0.1) is 12.4 Å². The van der Waals surface area contributed by atoms with Gasteiger partial charge in [0.05, 0.1) is 18.6 Å². The molecule has 6 heteroatoms. The van der Waals surface area contributed by atoms with Crippen molar-refractivity contribution in [2.24, 2.45) is 5.92 Å². The summed E-state index contributed by atoms with van der Waals surface area (Å²) in [6.07, 6.45) is 1.38. The fraction of sp³-hybridized carbons (Fsp3) is 0.588. The van der Waals surface area contributed by atoms with Gasteiger partial charge in [-0.1, -0.05) is 12.1 Å². The molecule has 0 aromatic heterocycles. The van der Waals surface area contributed by atoms with E-state index in [-0.39, 0.29) is 30.3 Å². The molecule has 0 radical (unpaired) electrons. The van der Waals surface area contributed by atoms with Gasteiger partial charge < -0.3 is 20.5 Å². The molecule has 128 valence electrons. The first-order valence-electron chi connectivity index (χ1n) is 7.89. The molecule has 0 bridgehead atoms. The molecule has 2 aliphatic rings. The summed E-state index contributed by atoms with van der Waals surface area (Å²) in [6, 6.07) is 6.01. The third kappa shape index (κ3) is 3.47. The predicted octanol–water partition coefficient (Wildman–Crippen LogP) is 1.15. The number of rotatable bonds is 5. The van der Waals surface area contributed by atoms with Crippen molar-refractivity contribution in [3.05, 3.63) is 29.3 Å². The van der Waals surface area contributed by atoms with Crippen molar-refractivity contribution in [1.29, 1.82) is 0 Å². The molecular formula is C17H25ClN2O3. The summed E-state index contributed by atoms with van der Waals surface area (Å²) < 4.78 is 5.37.